The molecule has 1 amide bonds. The highest BCUT2D eigenvalue weighted by Crippen LogP contribution is 2.45. The lowest BCUT2D eigenvalue weighted by atomic mass is 9.97. The summed E-state index contributed by atoms with van der Waals surface area (Å²) in [5, 5.41) is 0.381. The molecule has 5 rings (SSSR count). The van der Waals surface area contributed by atoms with Crippen molar-refractivity contribution >= 4 is 32.8 Å². The summed E-state index contributed by atoms with van der Waals surface area (Å²) in [6.07, 6.45) is 3.35. The SMILES string of the molecule is COc1cc(C2c3c(oc4ccc(Br)cc4c3=O)C(=O)N2Cc2cccnc2)cc(OC)c1OC. The largest absolute Gasteiger partial charge is 0.493 e. The second-order valence-electron chi connectivity index (χ2n) is 7.97. The Balaban J connectivity index is 1.78. The van der Waals surface area contributed by atoms with Crippen LogP contribution in [0.3, 0.4) is 0 Å². The van der Waals surface area contributed by atoms with E-state index in [-0.39, 0.29) is 29.2 Å². The topological polar surface area (TPSA) is 91.1 Å². The van der Waals surface area contributed by atoms with Gasteiger partial charge in [0.1, 0.15) is 5.58 Å². The van der Waals surface area contributed by atoms with Gasteiger partial charge in [-0.2, -0.15) is 0 Å². The van der Waals surface area contributed by atoms with Gasteiger partial charge < -0.3 is 23.5 Å². The monoisotopic (exact) mass is 536 g/mol. The van der Waals surface area contributed by atoms with Gasteiger partial charge in [-0.25, -0.2) is 0 Å². The highest BCUT2D eigenvalue weighted by atomic mass is 79.9. The number of rotatable bonds is 6. The fourth-order valence-electron chi connectivity index (χ4n) is 4.45. The number of nitrogens with zero attached hydrogens (tertiary/aromatic N) is 2. The van der Waals surface area contributed by atoms with Crippen molar-refractivity contribution in [1.29, 1.82) is 0 Å². The molecule has 1 aliphatic heterocycles. The molecule has 0 spiro atoms. The van der Waals surface area contributed by atoms with E-state index in [1.807, 2.05) is 6.07 Å². The summed E-state index contributed by atoms with van der Waals surface area (Å²) < 4.78 is 23.3. The van der Waals surface area contributed by atoms with Gasteiger partial charge in [-0.1, -0.05) is 22.0 Å². The van der Waals surface area contributed by atoms with E-state index in [9.17, 15) is 9.59 Å². The maximum absolute atomic E-state index is 13.8. The number of carbonyl (C=O) groups is 1. The van der Waals surface area contributed by atoms with Crippen LogP contribution in [-0.4, -0.2) is 37.1 Å². The van der Waals surface area contributed by atoms with Crippen LogP contribution in [0.25, 0.3) is 11.0 Å². The van der Waals surface area contributed by atoms with Crippen LogP contribution in [0.4, 0.5) is 0 Å². The van der Waals surface area contributed by atoms with Crippen molar-refractivity contribution < 1.29 is 23.4 Å². The molecule has 0 fully saturated rings. The third kappa shape index (κ3) is 3.81. The summed E-state index contributed by atoms with van der Waals surface area (Å²) in [4.78, 5) is 33.2. The predicted octanol–water partition coefficient (Wildman–Crippen LogP) is 4.72. The lowest BCUT2D eigenvalue weighted by Gasteiger charge is -2.26. The average Bonchev–Trinajstić information content (AvgIpc) is 3.15. The molecule has 1 aliphatic rings. The number of aromatic nitrogens is 1. The molecule has 0 aliphatic carbocycles. The third-order valence-electron chi connectivity index (χ3n) is 6.01. The van der Waals surface area contributed by atoms with E-state index in [0.29, 0.717) is 33.8 Å². The minimum absolute atomic E-state index is 0.0208. The van der Waals surface area contributed by atoms with Gasteiger partial charge in [0.15, 0.2) is 16.9 Å². The number of amides is 1. The van der Waals surface area contributed by atoms with E-state index >= 15 is 0 Å². The molecular formula is C26H21BrN2O6. The molecule has 4 aromatic rings. The van der Waals surface area contributed by atoms with Crippen LogP contribution in [0.5, 0.6) is 17.2 Å². The summed E-state index contributed by atoms with van der Waals surface area (Å²) in [7, 11) is 4.55. The normalized spacial score (nSPS) is 14.8. The van der Waals surface area contributed by atoms with E-state index in [1.165, 1.54) is 21.3 Å². The van der Waals surface area contributed by atoms with Crippen LogP contribution >= 0.6 is 15.9 Å². The van der Waals surface area contributed by atoms with Crippen molar-refractivity contribution in [2.45, 2.75) is 12.6 Å². The second-order valence-corrected chi connectivity index (χ2v) is 8.89. The second kappa shape index (κ2) is 9.07. The van der Waals surface area contributed by atoms with E-state index in [2.05, 4.69) is 20.9 Å². The van der Waals surface area contributed by atoms with Crippen molar-refractivity contribution in [1.82, 2.24) is 9.88 Å². The summed E-state index contributed by atoms with van der Waals surface area (Å²) in [5.74, 6) is 0.877. The first-order valence-electron chi connectivity index (χ1n) is 10.7. The number of benzene rings is 2. The van der Waals surface area contributed by atoms with Crippen molar-refractivity contribution in [3.05, 3.63) is 92.0 Å². The number of pyridine rings is 1. The number of fused-ring (bicyclic) bond motifs is 2. The van der Waals surface area contributed by atoms with Gasteiger partial charge in [0.05, 0.1) is 38.3 Å². The minimum atomic E-state index is -0.744. The molecule has 3 heterocycles. The van der Waals surface area contributed by atoms with E-state index in [0.717, 1.165) is 10.0 Å². The van der Waals surface area contributed by atoms with Gasteiger partial charge in [0.2, 0.25) is 11.5 Å². The summed E-state index contributed by atoms with van der Waals surface area (Å²) in [6.45, 7) is 0.220. The van der Waals surface area contributed by atoms with Crippen LogP contribution in [0.1, 0.15) is 33.3 Å². The Hall–Kier alpha value is -3.85. The highest BCUT2D eigenvalue weighted by molar-refractivity contribution is 9.10. The van der Waals surface area contributed by atoms with Gasteiger partial charge >= 0.3 is 0 Å². The van der Waals surface area contributed by atoms with E-state index in [4.69, 9.17) is 18.6 Å². The maximum atomic E-state index is 13.8. The van der Waals surface area contributed by atoms with E-state index < -0.39 is 6.04 Å². The molecule has 1 atom stereocenters. The Bertz CT molecular complexity index is 1480. The third-order valence-corrected chi connectivity index (χ3v) is 6.50. The first-order chi connectivity index (χ1) is 17.0. The van der Waals surface area contributed by atoms with Crippen molar-refractivity contribution in [2.75, 3.05) is 21.3 Å². The first kappa shape index (κ1) is 22.9. The summed E-state index contributed by atoms with van der Waals surface area (Å²) in [5.41, 5.74) is 1.77. The lowest BCUT2D eigenvalue weighted by molar-refractivity contribution is 0.0713. The predicted molar refractivity (Wildman–Crippen MR) is 132 cm³/mol. The summed E-state index contributed by atoms with van der Waals surface area (Å²) >= 11 is 3.42. The van der Waals surface area contributed by atoms with E-state index in [1.54, 1.807) is 53.7 Å². The van der Waals surface area contributed by atoms with Crippen molar-refractivity contribution in [2.24, 2.45) is 0 Å². The number of halogens is 1. The molecule has 2 aromatic carbocycles. The Morgan fingerprint density at radius 3 is 2.40 bits per heavy atom. The minimum Gasteiger partial charge on any atom is -0.493 e. The number of ether oxygens (including phenoxy) is 3. The van der Waals surface area contributed by atoms with Crippen LogP contribution in [0.15, 0.2) is 68.5 Å². The molecule has 35 heavy (non-hydrogen) atoms. The number of hydrogen-bond acceptors (Lipinski definition) is 7. The average molecular weight is 537 g/mol. The molecule has 1 unspecified atom stereocenters. The molecule has 0 N–H and O–H groups in total. The van der Waals surface area contributed by atoms with Crippen LogP contribution in [-0.2, 0) is 6.54 Å². The fourth-order valence-corrected chi connectivity index (χ4v) is 4.81. The Morgan fingerprint density at radius 2 is 1.77 bits per heavy atom. The molecule has 0 bridgehead atoms. The zero-order chi connectivity index (χ0) is 24.7. The van der Waals surface area contributed by atoms with Gasteiger partial charge in [-0.3, -0.25) is 14.6 Å². The van der Waals surface area contributed by atoms with Gasteiger partial charge in [-0.05, 0) is 47.5 Å². The zero-order valence-corrected chi connectivity index (χ0v) is 20.8. The lowest BCUT2D eigenvalue weighted by Crippen LogP contribution is -2.29. The number of carbonyl (C=O) groups excluding carboxylic acids is 1. The van der Waals surface area contributed by atoms with Gasteiger partial charge in [-0.15, -0.1) is 0 Å². The van der Waals surface area contributed by atoms with Gasteiger partial charge in [0.25, 0.3) is 5.91 Å². The summed E-state index contributed by atoms with van der Waals surface area (Å²) in [6, 6.07) is 11.6. The molecule has 9 heteroatoms. The Morgan fingerprint density at radius 1 is 1.03 bits per heavy atom. The first-order valence-corrected chi connectivity index (χ1v) is 11.5. The smallest absolute Gasteiger partial charge is 0.291 e. The standard InChI is InChI=1S/C26H21BrN2O6/c1-32-19-9-15(10-20(33-2)24(19)34-3)22-21-23(30)17-11-16(27)6-7-18(17)35-25(21)26(31)29(22)13-14-5-4-8-28-12-14/h4-12,22H,13H2,1-3H3. The fraction of sp³-hybridized carbons (Fsp3) is 0.192. The number of hydrogen-bond donors (Lipinski definition) is 0. The van der Waals surface area contributed by atoms with Crippen molar-refractivity contribution in [3.8, 4) is 17.2 Å². The molecule has 0 saturated heterocycles. The molecule has 0 saturated carbocycles. The zero-order valence-electron chi connectivity index (χ0n) is 19.2. The molecule has 178 valence electrons. The van der Waals surface area contributed by atoms with Crippen molar-refractivity contribution in [3.63, 3.8) is 0 Å². The molecule has 0 radical (unpaired) electrons. The quantitative estimate of drug-likeness (QED) is 0.352. The van der Waals surface area contributed by atoms with Gasteiger partial charge in [0, 0.05) is 23.4 Å². The molecule has 2 aromatic heterocycles. The van der Waals surface area contributed by atoms with Crippen LogP contribution < -0.4 is 19.6 Å². The van der Waals surface area contributed by atoms with Crippen LogP contribution in [0.2, 0.25) is 0 Å². The Labute approximate surface area is 209 Å². The maximum Gasteiger partial charge on any atom is 0.291 e. The number of methoxy groups -OCH3 is 3. The van der Waals surface area contributed by atoms with Crippen LogP contribution in [0, 0.1) is 0 Å². The Kier molecular flexibility index (Phi) is 5.94. The highest BCUT2D eigenvalue weighted by Gasteiger charge is 2.43. The molecule has 8 nitrogen and oxygen atoms in total. The molecular weight excluding hydrogens is 516 g/mol.